The minimum Gasteiger partial charge on any atom is -0.376 e. The molecule has 0 aliphatic carbocycles. The van der Waals surface area contributed by atoms with E-state index < -0.39 is 10.0 Å². The van der Waals surface area contributed by atoms with Crippen LogP contribution in [0, 0.1) is 6.92 Å². The molecular weight excluding hydrogens is 320 g/mol. The zero-order valence-electron chi connectivity index (χ0n) is 13.3. The Morgan fingerprint density at radius 1 is 1.43 bits per heavy atom. The molecule has 2 saturated heterocycles. The minimum atomic E-state index is -3.69. The number of rotatable bonds is 4. The summed E-state index contributed by atoms with van der Waals surface area (Å²) >= 11 is 0. The van der Waals surface area contributed by atoms with Gasteiger partial charge in [-0.1, -0.05) is 0 Å². The predicted molar refractivity (Wildman–Crippen MR) is 82.2 cm³/mol. The molecule has 8 nitrogen and oxygen atoms in total. The number of sulfonamides is 1. The summed E-state index contributed by atoms with van der Waals surface area (Å²) in [6.07, 6.45) is 3.74. The lowest BCUT2D eigenvalue weighted by atomic mass is 9.93. The van der Waals surface area contributed by atoms with Crippen molar-refractivity contribution in [1.82, 2.24) is 19.8 Å². The number of amides is 1. The molecule has 0 aromatic carbocycles. The number of hydrogen-bond donors (Lipinski definition) is 2. The Morgan fingerprint density at radius 2 is 2.22 bits per heavy atom. The fourth-order valence-corrected chi connectivity index (χ4v) is 4.70. The third-order valence-electron chi connectivity index (χ3n) is 4.60. The lowest BCUT2D eigenvalue weighted by Crippen LogP contribution is -2.60. The highest BCUT2D eigenvalue weighted by Crippen LogP contribution is 2.24. The van der Waals surface area contributed by atoms with Crippen LogP contribution in [-0.4, -0.2) is 48.9 Å². The van der Waals surface area contributed by atoms with E-state index in [1.54, 1.807) is 14.0 Å². The Hall–Kier alpha value is -1.45. The van der Waals surface area contributed by atoms with Crippen molar-refractivity contribution in [1.29, 1.82) is 0 Å². The van der Waals surface area contributed by atoms with Crippen LogP contribution < -0.4 is 10.0 Å². The number of carbonyl (C=O) groups excluding carboxylic acids is 1. The summed E-state index contributed by atoms with van der Waals surface area (Å²) in [6.45, 7) is 2.36. The van der Waals surface area contributed by atoms with Crippen LogP contribution in [0.5, 0.6) is 0 Å². The van der Waals surface area contributed by atoms with Crippen molar-refractivity contribution in [3.8, 4) is 0 Å². The van der Waals surface area contributed by atoms with Gasteiger partial charge in [0.05, 0.1) is 24.0 Å². The molecule has 3 rings (SSSR count). The molecule has 2 N–H and O–H groups in total. The number of piperidine rings is 1. The van der Waals surface area contributed by atoms with Gasteiger partial charge in [-0.25, -0.2) is 13.1 Å². The van der Waals surface area contributed by atoms with E-state index in [-0.39, 0.29) is 29.0 Å². The molecule has 2 fully saturated rings. The highest BCUT2D eigenvalue weighted by molar-refractivity contribution is 7.89. The molecule has 3 heterocycles. The number of hydrogen-bond acceptors (Lipinski definition) is 5. The SMILES string of the molecule is Cc1c(S(=O)(=O)NC2CCC(=O)NC2C2CCCO2)cnn1C. The summed E-state index contributed by atoms with van der Waals surface area (Å²) in [5.41, 5.74) is 0.575. The maximum Gasteiger partial charge on any atom is 0.244 e. The van der Waals surface area contributed by atoms with Crippen molar-refractivity contribution in [2.45, 2.75) is 55.7 Å². The van der Waals surface area contributed by atoms with Crippen LogP contribution >= 0.6 is 0 Å². The van der Waals surface area contributed by atoms with Gasteiger partial charge in [0.2, 0.25) is 15.9 Å². The van der Waals surface area contributed by atoms with E-state index in [4.69, 9.17) is 4.74 Å². The number of carbonyl (C=O) groups is 1. The van der Waals surface area contributed by atoms with E-state index in [0.717, 1.165) is 12.8 Å². The molecule has 3 unspecified atom stereocenters. The average Bonchev–Trinajstić information content (AvgIpc) is 3.12. The first-order chi connectivity index (χ1) is 10.9. The van der Waals surface area contributed by atoms with E-state index in [1.807, 2.05) is 0 Å². The zero-order chi connectivity index (χ0) is 16.6. The number of nitrogens with one attached hydrogen (secondary N) is 2. The van der Waals surface area contributed by atoms with Gasteiger partial charge in [0, 0.05) is 26.1 Å². The first kappa shape index (κ1) is 16.4. The normalized spacial score (nSPS) is 28.8. The fraction of sp³-hybridized carbons (Fsp3) is 0.714. The van der Waals surface area contributed by atoms with Gasteiger partial charge in [-0.3, -0.25) is 9.48 Å². The standard InChI is InChI=1S/C14H22N4O4S/c1-9-12(8-15-18(9)2)23(20,21)17-10-5-6-13(19)16-14(10)11-4-3-7-22-11/h8,10-11,14,17H,3-7H2,1-2H3,(H,16,19). The van der Waals surface area contributed by atoms with Gasteiger partial charge in [-0.15, -0.1) is 0 Å². The van der Waals surface area contributed by atoms with Crippen molar-refractivity contribution in [3.63, 3.8) is 0 Å². The Balaban J connectivity index is 1.81. The summed E-state index contributed by atoms with van der Waals surface area (Å²) in [5.74, 6) is -0.0569. The quantitative estimate of drug-likeness (QED) is 0.791. The van der Waals surface area contributed by atoms with Crippen LogP contribution in [0.1, 0.15) is 31.4 Å². The van der Waals surface area contributed by atoms with E-state index in [1.165, 1.54) is 10.9 Å². The van der Waals surface area contributed by atoms with Crippen LogP contribution in [-0.2, 0) is 26.6 Å². The van der Waals surface area contributed by atoms with Crippen molar-refractivity contribution in [2.24, 2.45) is 7.05 Å². The van der Waals surface area contributed by atoms with Crippen molar-refractivity contribution in [3.05, 3.63) is 11.9 Å². The third kappa shape index (κ3) is 3.26. The molecule has 3 atom stereocenters. The van der Waals surface area contributed by atoms with Crippen molar-refractivity contribution >= 4 is 15.9 Å². The van der Waals surface area contributed by atoms with Crippen LogP contribution in [0.15, 0.2) is 11.1 Å². The molecule has 23 heavy (non-hydrogen) atoms. The molecule has 1 amide bonds. The molecule has 1 aromatic rings. The topological polar surface area (TPSA) is 102 Å². The second-order valence-electron chi connectivity index (χ2n) is 6.13. The minimum absolute atomic E-state index is 0.0569. The lowest BCUT2D eigenvalue weighted by Gasteiger charge is -2.35. The van der Waals surface area contributed by atoms with Crippen molar-refractivity contribution in [2.75, 3.05) is 6.61 Å². The first-order valence-corrected chi connectivity index (χ1v) is 9.29. The van der Waals surface area contributed by atoms with Gasteiger partial charge < -0.3 is 10.1 Å². The van der Waals surface area contributed by atoms with Crippen LogP contribution in [0.2, 0.25) is 0 Å². The summed E-state index contributed by atoms with van der Waals surface area (Å²) in [7, 11) is -1.99. The number of nitrogens with zero attached hydrogens (tertiary/aromatic N) is 2. The molecule has 128 valence electrons. The molecule has 0 spiro atoms. The van der Waals surface area contributed by atoms with Gasteiger partial charge in [0.15, 0.2) is 0 Å². The monoisotopic (exact) mass is 342 g/mol. The van der Waals surface area contributed by atoms with Crippen LogP contribution in [0.4, 0.5) is 0 Å². The third-order valence-corrected chi connectivity index (χ3v) is 6.19. The lowest BCUT2D eigenvalue weighted by molar-refractivity contribution is -0.125. The summed E-state index contributed by atoms with van der Waals surface area (Å²) in [4.78, 5) is 11.9. The molecule has 2 aliphatic rings. The van der Waals surface area contributed by atoms with Crippen LogP contribution in [0.25, 0.3) is 0 Å². The average molecular weight is 342 g/mol. The van der Waals surface area contributed by atoms with Gasteiger partial charge in [0.1, 0.15) is 4.90 Å². The zero-order valence-corrected chi connectivity index (χ0v) is 14.1. The Labute approximate surface area is 135 Å². The predicted octanol–water partition coefficient (Wildman–Crippen LogP) is -0.167. The fourth-order valence-electron chi connectivity index (χ4n) is 3.20. The summed E-state index contributed by atoms with van der Waals surface area (Å²) < 4.78 is 35.2. The molecule has 2 aliphatic heterocycles. The molecular formula is C14H22N4O4S. The van der Waals surface area contributed by atoms with Crippen molar-refractivity contribution < 1.29 is 17.9 Å². The van der Waals surface area contributed by atoms with E-state index >= 15 is 0 Å². The van der Waals surface area contributed by atoms with E-state index in [2.05, 4.69) is 15.1 Å². The molecule has 0 saturated carbocycles. The number of aromatic nitrogens is 2. The highest BCUT2D eigenvalue weighted by Gasteiger charge is 2.39. The van der Waals surface area contributed by atoms with Gasteiger partial charge in [0.25, 0.3) is 0 Å². The van der Waals surface area contributed by atoms with E-state index in [0.29, 0.717) is 25.1 Å². The summed E-state index contributed by atoms with van der Waals surface area (Å²) in [5, 5.41) is 6.88. The molecule has 9 heteroatoms. The van der Waals surface area contributed by atoms with Gasteiger partial charge >= 0.3 is 0 Å². The Morgan fingerprint density at radius 3 is 2.83 bits per heavy atom. The second kappa shape index (κ2) is 6.21. The Bertz CT molecular complexity index is 694. The molecule has 0 bridgehead atoms. The van der Waals surface area contributed by atoms with Gasteiger partial charge in [-0.05, 0) is 26.2 Å². The maximum atomic E-state index is 12.7. The smallest absolute Gasteiger partial charge is 0.244 e. The number of ether oxygens (including phenoxy) is 1. The second-order valence-corrected chi connectivity index (χ2v) is 7.81. The highest BCUT2D eigenvalue weighted by atomic mass is 32.2. The first-order valence-electron chi connectivity index (χ1n) is 7.80. The molecule has 0 radical (unpaired) electrons. The Kier molecular flexibility index (Phi) is 4.43. The number of aryl methyl sites for hydroxylation is 1. The summed E-state index contributed by atoms with van der Waals surface area (Å²) in [6, 6.07) is -0.703. The van der Waals surface area contributed by atoms with E-state index in [9.17, 15) is 13.2 Å². The molecule has 1 aromatic heterocycles. The largest absolute Gasteiger partial charge is 0.376 e. The van der Waals surface area contributed by atoms with Crippen LogP contribution in [0.3, 0.4) is 0 Å². The maximum absolute atomic E-state index is 12.7. The van der Waals surface area contributed by atoms with Gasteiger partial charge in [-0.2, -0.15) is 5.10 Å².